The molecule has 0 spiro atoms. The van der Waals surface area contributed by atoms with Crippen molar-refractivity contribution >= 4 is 34.6 Å². The summed E-state index contributed by atoms with van der Waals surface area (Å²) in [6, 6.07) is 16.1. The lowest BCUT2D eigenvalue weighted by molar-refractivity contribution is 0.873. The summed E-state index contributed by atoms with van der Waals surface area (Å²) in [7, 11) is 0. The number of thiocarbonyl (C=S) groups is 1. The van der Waals surface area contributed by atoms with E-state index in [4.69, 9.17) is 23.8 Å². The second kappa shape index (κ2) is 7.27. The van der Waals surface area contributed by atoms with Gasteiger partial charge in [0.25, 0.3) is 0 Å². The molecule has 4 heteroatoms. The first-order valence-corrected chi connectivity index (χ1v) is 7.29. The van der Waals surface area contributed by atoms with Crippen molar-refractivity contribution in [1.82, 2.24) is 5.32 Å². The Balaban J connectivity index is 1.79. The van der Waals surface area contributed by atoms with Gasteiger partial charge in [0.1, 0.15) is 0 Å². The van der Waals surface area contributed by atoms with Gasteiger partial charge in [-0.25, -0.2) is 0 Å². The fraction of sp³-hybridized carbons (Fsp3) is 0.188. The van der Waals surface area contributed by atoms with Crippen molar-refractivity contribution < 1.29 is 0 Å². The fourth-order valence-electron chi connectivity index (χ4n) is 1.81. The number of anilines is 1. The van der Waals surface area contributed by atoms with Crippen LogP contribution in [0, 0.1) is 6.92 Å². The smallest absolute Gasteiger partial charge is 0.170 e. The molecule has 0 aromatic heterocycles. The number of hydrogen-bond donors (Lipinski definition) is 2. The molecule has 0 unspecified atom stereocenters. The van der Waals surface area contributed by atoms with Gasteiger partial charge in [-0.05, 0) is 48.8 Å². The Hall–Kier alpha value is -1.58. The molecule has 2 rings (SSSR count). The SMILES string of the molecule is Cc1ccc(NC(=S)NCCc2ccccc2)cc1Cl. The van der Waals surface area contributed by atoms with Crippen molar-refractivity contribution in [2.75, 3.05) is 11.9 Å². The summed E-state index contributed by atoms with van der Waals surface area (Å²) in [5.74, 6) is 0. The van der Waals surface area contributed by atoms with Crippen LogP contribution in [0.2, 0.25) is 5.02 Å². The Kier molecular flexibility index (Phi) is 5.39. The van der Waals surface area contributed by atoms with E-state index in [-0.39, 0.29) is 0 Å². The predicted octanol–water partition coefficient (Wildman–Crippen LogP) is 4.18. The van der Waals surface area contributed by atoms with Crippen molar-refractivity contribution in [3.63, 3.8) is 0 Å². The standard InChI is InChI=1S/C16H17ClN2S/c1-12-7-8-14(11-15(12)17)19-16(20)18-10-9-13-5-3-2-4-6-13/h2-8,11H,9-10H2,1H3,(H2,18,19,20). The molecule has 0 aliphatic heterocycles. The molecule has 0 amide bonds. The van der Waals surface area contributed by atoms with Gasteiger partial charge in [0.05, 0.1) is 0 Å². The molecule has 0 heterocycles. The van der Waals surface area contributed by atoms with Gasteiger partial charge in [-0.1, -0.05) is 48.0 Å². The molecular weight excluding hydrogens is 288 g/mol. The molecule has 104 valence electrons. The second-order valence-corrected chi connectivity index (χ2v) is 5.40. The quantitative estimate of drug-likeness (QED) is 0.829. The van der Waals surface area contributed by atoms with Crippen LogP contribution in [-0.2, 0) is 6.42 Å². The van der Waals surface area contributed by atoms with Gasteiger partial charge in [-0.15, -0.1) is 0 Å². The molecule has 0 radical (unpaired) electrons. The topological polar surface area (TPSA) is 24.1 Å². The second-order valence-electron chi connectivity index (χ2n) is 4.58. The summed E-state index contributed by atoms with van der Waals surface area (Å²) in [5.41, 5.74) is 3.25. The Labute approximate surface area is 130 Å². The van der Waals surface area contributed by atoms with Crippen LogP contribution in [-0.4, -0.2) is 11.7 Å². The van der Waals surface area contributed by atoms with Gasteiger partial charge in [0.2, 0.25) is 0 Å². The average Bonchev–Trinajstić information content (AvgIpc) is 2.44. The zero-order valence-electron chi connectivity index (χ0n) is 11.3. The lowest BCUT2D eigenvalue weighted by Crippen LogP contribution is -2.30. The molecule has 0 bridgehead atoms. The van der Waals surface area contributed by atoms with Crippen LogP contribution in [0.15, 0.2) is 48.5 Å². The molecule has 0 fully saturated rings. The minimum atomic E-state index is 0.612. The van der Waals surface area contributed by atoms with Gasteiger partial charge in [0.15, 0.2) is 5.11 Å². The van der Waals surface area contributed by atoms with Crippen molar-refractivity contribution in [3.05, 3.63) is 64.7 Å². The Morgan fingerprint density at radius 2 is 1.90 bits per heavy atom. The third-order valence-electron chi connectivity index (χ3n) is 2.97. The maximum Gasteiger partial charge on any atom is 0.170 e. The average molecular weight is 305 g/mol. The third-order valence-corrected chi connectivity index (χ3v) is 3.63. The van der Waals surface area contributed by atoms with Crippen molar-refractivity contribution in [3.8, 4) is 0 Å². The maximum absolute atomic E-state index is 6.08. The molecule has 0 saturated carbocycles. The molecule has 2 nitrogen and oxygen atoms in total. The van der Waals surface area contributed by atoms with E-state index < -0.39 is 0 Å². The van der Waals surface area contributed by atoms with Crippen molar-refractivity contribution in [2.45, 2.75) is 13.3 Å². The van der Waals surface area contributed by atoms with Crippen LogP contribution in [0.4, 0.5) is 5.69 Å². The summed E-state index contributed by atoms with van der Waals surface area (Å²) in [6.07, 6.45) is 0.942. The van der Waals surface area contributed by atoms with Crippen LogP contribution in [0.25, 0.3) is 0 Å². The zero-order chi connectivity index (χ0) is 14.4. The number of aryl methyl sites for hydroxylation is 1. The molecule has 2 aromatic rings. The maximum atomic E-state index is 6.08. The molecule has 20 heavy (non-hydrogen) atoms. The predicted molar refractivity (Wildman–Crippen MR) is 90.6 cm³/mol. The lowest BCUT2D eigenvalue weighted by atomic mass is 10.1. The molecule has 0 atom stereocenters. The number of halogens is 1. The van der Waals surface area contributed by atoms with Crippen molar-refractivity contribution in [2.24, 2.45) is 0 Å². The van der Waals surface area contributed by atoms with Crippen LogP contribution >= 0.6 is 23.8 Å². The highest BCUT2D eigenvalue weighted by atomic mass is 35.5. The monoisotopic (exact) mass is 304 g/mol. The largest absolute Gasteiger partial charge is 0.362 e. The Morgan fingerprint density at radius 1 is 1.15 bits per heavy atom. The van der Waals surface area contributed by atoms with E-state index in [1.54, 1.807) is 0 Å². The Bertz CT molecular complexity index is 584. The van der Waals surface area contributed by atoms with E-state index in [9.17, 15) is 0 Å². The van der Waals surface area contributed by atoms with Crippen LogP contribution in [0.5, 0.6) is 0 Å². The minimum absolute atomic E-state index is 0.612. The van der Waals surface area contributed by atoms with Crippen molar-refractivity contribution in [1.29, 1.82) is 0 Å². The number of hydrogen-bond acceptors (Lipinski definition) is 1. The van der Waals surface area contributed by atoms with Gasteiger partial charge in [0, 0.05) is 17.3 Å². The molecule has 2 aromatic carbocycles. The first-order chi connectivity index (χ1) is 9.65. The number of benzene rings is 2. The Morgan fingerprint density at radius 3 is 2.60 bits per heavy atom. The minimum Gasteiger partial charge on any atom is -0.362 e. The van der Waals surface area contributed by atoms with Gasteiger partial charge >= 0.3 is 0 Å². The first kappa shape index (κ1) is 14.8. The van der Waals surface area contributed by atoms with Crippen LogP contribution < -0.4 is 10.6 Å². The van der Waals surface area contributed by atoms with Gasteiger partial charge < -0.3 is 10.6 Å². The molecule has 0 saturated heterocycles. The number of rotatable bonds is 4. The van der Waals surface area contributed by atoms with E-state index in [1.807, 2.05) is 43.3 Å². The van der Waals surface area contributed by atoms with Gasteiger partial charge in [-0.2, -0.15) is 0 Å². The normalized spacial score (nSPS) is 10.1. The summed E-state index contributed by atoms with van der Waals surface area (Å²) in [5, 5.41) is 7.67. The lowest BCUT2D eigenvalue weighted by Gasteiger charge is -2.11. The molecular formula is C16H17ClN2S. The zero-order valence-corrected chi connectivity index (χ0v) is 12.9. The highest BCUT2D eigenvalue weighted by molar-refractivity contribution is 7.80. The molecule has 0 aliphatic rings. The van der Waals surface area contributed by atoms with E-state index in [1.165, 1.54) is 5.56 Å². The fourth-order valence-corrected chi connectivity index (χ4v) is 2.21. The highest BCUT2D eigenvalue weighted by Gasteiger charge is 2.00. The summed E-state index contributed by atoms with van der Waals surface area (Å²) in [4.78, 5) is 0. The summed E-state index contributed by atoms with van der Waals surface area (Å²) >= 11 is 11.3. The van der Waals surface area contributed by atoms with E-state index in [0.717, 1.165) is 29.2 Å². The van der Waals surface area contributed by atoms with Crippen LogP contribution in [0.3, 0.4) is 0 Å². The molecule has 2 N–H and O–H groups in total. The highest BCUT2D eigenvalue weighted by Crippen LogP contribution is 2.19. The first-order valence-electron chi connectivity index (χ1n) is 6.50. The molecule has 0 aliphatic carbocycles. The third kappa shape index (κ3) is 4.51. The number of nitrogens with one attached hydrogen (secondary N) is 2. The van der Waals surface area contributed by atoms with E-state index >= 15 is 0 Å². The summed E-state index contributed by atoms with van der Waals surface area (Å²) < 4.78 is 0. The van der Waals surface area contributed by atoms with E-state index in [0.29, 0.717) is 5.11 Å². The van der Waals surface area contributed by atoms with Crippen LogP contribution in [0.1, 0.15) is 11.1 Å². The van der Waals surface area contributed by atoms with Gasteiger partial charge in [-0.3, -0.25) is 0 Å². The van der Waals surface area contributed by atoms with E-state index in [2.05, 4.69) is 22.8 Å². The summed E-state index contributed by atoms with van der Waals surface area (Å²) in [6.45, 7) is 2.78.